The minimum atomic E-state index is -0.343. The molecule has 0 aliphatic rings. The molecular weight excluding hydrogens is 234 g/mol. The van der Waals surface area contributed by atoms with Gasteiger partial charge in [-0.15, -0.1) is 11.3 Å². The normalized spacial score (nSPS) is 10.9. The van der Waals surface area contributed by atoms with Crippen molar-refractivity contribution in [2.75, 3.05) is 0 Å². The molecule has 0 bridgehead atoms. The van der Waals surface area contributed by atoms with Gasteiger partial charge in [0.2, 0.25) is 0 Å². The topological polar surface area (TPSA) is 43.1 Å². The molecule has 0 atom stereocenters. The summed E-state index contributed by atoms with van der Waals surface area (Å²) in [5, 5.41) is 3.85. The molecule has 3 aromatic rings. The van der Waals surface area contributed by atoms with Gasteiger partial charge in [-0.05, 0) is 13.0 Å². The zero-order chi connectivity index (χ0) is 11.8. The molecule has 84 valence electrons. The van der Waals surface area contributed by atoms with Gasteiger partial charge in [0.1, 0.15) is 5.58 Å². The zero-order valence-electron chi connectivity index (χ0n) is 9.14. The van der Waals surface area contributed by atoms with E-state index in [1.54, 1.807) is 17.4 Å². The molecule has 2 aromatic heterocycles. The van der Waals surface area contributed by atoms with Gasteiger partial charge in [0.05, 0.1) is 10.7 Å². The van der Waals surface area contributed by atoms with E-state index in [1.807, 2.05) is 30.5 Å². The third kappa shape index (κ3) is 1.76. The highest BCUT2D eigenvalue weighted by molar-refractivity contribution is 7.09. The summed E-state index contributed by atoms with van der Waals surface area (Å²) in [6.45, 7) is 1.95. The van der Waals surface area contributed by atoms with Crippen molar-refractivity contribution >= 4 is 22.3 Å². The van der Waals surface area contributed by atoms with Crippen LogP contribution in [-0.4, -0.2) is 4.98 Å². The van der Waals surface area contributed by atoms with Crippen LogP contribution in [0.25, 0.3) is 22.2 Å². The smallest absolute Gasteiger partial charge is 0.336 e. The first-order valence-corrected chi connectivity index (χ1v) is 6.07. The summed E-state index contributed by atoms with van der Waals surface area (Å²) < 4.78 is 5.15. The lowest BCUT2D eigenvalue weighted by Crippen LogP contribution is -1.98. The summed E-state index contributed by atoms with van der Waals surface area (Å²) in [5.41, 5.74) is 1.92. The lowest BCUT2D eigenvalue weighted by atomic mass is 10.1. The molecule has 0 saturated heterocycles. The fraction of sp³-hybridized carbons (Fsp3) is 0.0769. The SMILES string of the molecule is Cc1nc(-c2cc(=O)oc3ccccc23)cs1. The molecule has 3 nitrogen and oxygen atoms in total. The maximum absolute atomic E-state index is 11.5. The van der Waals surface area contributed by atoms with Gasteiger partial charge in [-0.2, -0.15) is 0 Å². The molecule has 0 spiro atoms. The second-order valence-corrected chi connectivity index (χ2v) is 4.79. The highest BCUT2D eigenvalue weighted by Crippen LogP contribution is 2.27. The molecule has 0 N–H and O–H groups in total. The highest BCUT2D eigenvalue weighted by Gasteiger charge is 2.09. The van der Waals surface area contributed by atoms with Crippen molar-refractivity contribution in [1.82, 2.24) is 4.98 Å². The maximum Gasteiger partial charge on any atom is 0.336 e. The van der Waals surface area contributed by atoms with Crippen molar-refractivity contribution in [2.24, 2.45) is 0 Å². The largest absolute Gasteiger partial charge is 0.423 e. The van der Waals surface area contributed by atoms with E-state index in [0.717, 1.165) is 21.7 Å². The maximum atomic E-state index is 11.5. The summed E-state index contributed by atoms with van der Waals surface area (Å²) in [6, 6.07) is 8.99. The summed E-state index contributed by atoms with van der Waals surface area (Å²) in [7, 11) is 0. The molecule has 2 heterocycles. The Labute approximate surface area is 101 Å². The minimum absolute atomic E-state index is 0.343. The average Bonchev–Trinajstić information content (AvgIpc) is 2.74. The van der Waals surface area contributed by atoms with Crippen LogP contribution >= 0.6 is 11.3 Å². The van der Waals surface area contributed by atoms with Crippen LogP contribution in [-0.2, 0) is 0 Å². The van der Waals surface area contributed by atoms with E-state index in [0.29, 0.717) is 5.58 Å². The van der Waals surface area contributed by atoms with Gasteiger partial charge in [-0.25, -0.2) is 9.78 Å². The molecule has 17 heavy (non-hydrogen) atoms. The van der Waals surface area contributed by atoms with Crippen molar-refractivity contribution in [3.05, 3.63) is 51.1 Å². The van der Waals surface area contributed by atoms with Crippen molar-refractivity contribution in [3.63, 3.8) is 0 Å². The Morgan fingerprint density at radius 3 is 2.88 bits per heavy atom. The average molecular weight is 243 g/mol. The number of aromatic nitrogens is 1. The van der Waals surface area contributed by atoms with E-state index in [2.05, 4.69) is 4.98 Å². The number of thiazole rings is 1. The molecule has 0 aliphatic heterocycles. The Balaban J connectivity index is 2.39. The minimum Gasteiger partial charge on any atom is -0.423 e. The fourth-order valence-corrected chi connectivity index (χ4v) is 2.42. The standard InChI is InChI=1S/C13H9NO2S/c1-8-14-11(7-17-8)10-6-13(15)16-12-5-3-2-4-9(10)12/h2-7H,1H3. The Morgan fingerprint density at radius 1 is 1.29 bits per heavy atom. The number of hydrogen-bond donors (Lipinski definition) is 0. The van der Waals surface area contributed by atoms with Crippen molar-refractivity contribution in [2.45, 2.75) is 6.92 Å². The van der Waals surface area contributed by atoms with Gasteiger partial charge < -0.3 is 4.42 Å². The number of para-hydroxylation sites is 1. The van der Waals surface area contributed by atoms with E-state index in [1.165, 1.54) is 6.07 Å². The first-order chi connectivity index (χ1) is 8.24. The van der Waals surface area contributed by atoms with Crippen molar-refractivity contribution < 1.29 is 4.42 Å². The number of aryl methyl sites for hydroxylation is 1. The van der Waals surface area contributed by atoms with Crippen molar-refractivity contribution in [3.8, 4) is 11.3 Å². The first kappa shape index (κ1) is 10.2. The van der Waals surface area contributed by atoms with E-state index in [9.17, 15) is 4.79 Å². The summed E-state index contributed by atoms with van der Waals surface area (Å²) in [6.07, 6.45) is 0. The highest BCUT2D eigenvalue weighted by atomic mass is 32.1. The van der Waals surface area contributed by atoms with Crippen LogP contribution in [0.2, 0.25) is 0 Å². The van der Waals surface area contributed by atoms with Crippen LogP contribution in [0.3, 0.4) is 0 Å². The van der Waals surface area contributed by atoms with Crippen LogP contribution in [0.1, 0.15) is 5.01 Å². The summed E-state index contributed by atoms with van der Waals surface area (Å²) in [5.74, 6) is 0. The van der Waals surface area contributed by atoms with Gasteiger partial charge >= 0.3 is 5.63 Å². The third-order valence-electron chi connectivity index (χ3n) is 2.54. The second-order valence-electron chi connectivity index (χ2n) is 3.73. The molecule has 0 fully saturated rings. The van der Waals surface area contributed by atoms with Crippen LogP contribution in [0, 0.1) is 6.92 Å². The lowest BCUT2D eigenvalue weighted by Gasteiger charge is -2.01. The number of hydrogen-bond acceptors (Lipinski definition) is 4. The Hall–Kier alpha value is -1.94. The van der Waals surface area contributed by atoms with Gasteiger partial charge in [0.25, 0.3) is 0 Å². The molecule has 0 radical (unpaired) electrons. The van der Waals surface area contributed by atoms with E-state index in [-0.39, 0.29) is 5.63 Å². The van der Waals surface area contributed by atoms with Crippen molar-refractivity contribution in [1.29, 1.82) is 0 Å². The van der Waals surface area contributed by atoms with Gasteiger partial charge in [-0.1, -0.05) is 18.2 Å². The monoisotopic (exact) mass is 243 g/mol. The van der Waals surface area contributed by atoms with E-state index >= 15 is 0 Å². The van der Waals surface area contributed by atoms with Crippen LogP contribution in [0.4, 0.5) is 0 Å². The number of fused-ring (bicyclic) bond motifs is 1. The summed E-state index contributed by atoms with van der Waals surface area (Å²) in [4.78, 5) is 15.9. The van der Waals surface area contributed by atoms with Crippen LogP contribution < -0.4 is 5.63 Å². The Morgan fingerprint density at radius 2 is 2.12 bits per heavy atom. The summed E-state index contributed by atoms with van der Waals surface area (Å²) >= 11 is 1.57. The van der Waals surface area contributed by atoms with Gasteiger partial charge in [-0.3, -0.25) is 0 Å². The van der Waals surface area contributed by atoms with E-state index in [4.69, 9.17) is 4.42 Å². The molecule has 0 aliphatic carbocycles. The molecular formula is C13H9NO2S. The molecule has 0 amide bonds. The predicted molar refractivity (Wildman–Crippen MR) is 68.3 cm³/mol. The Bertz CT molecular complexity index is 742. The molecule has 0 unspecified atom stereocenters. The quantitative estimate of drug-likeness (QED) is 0.616. The van der Waals surface area contributed by atoms with Gasteiger partial charge in [0.15, 0.2) is 0 Å². The lowest BCUT2D eigenvalue weighted by molar-refractivity contribution is 0.561. The van der Waals surface area contributed by atoms with Crippen LogP contribution in [0.15, 0.2) is 44.9 Å². The fourth-order valence-electron chi connectivity index (χ4n) is 1.81. The third-order valence-corrected chi connectivity index (χ3v) is 3.32. The van der Waals surface area contributed by atoms with Crippen LogP contribution in [0.5, 0.6) is 0 Å². The predicted octanol–water partition coefficient (Wildman–Crippen LogP) is 3.22. The van der Waals surface area contributed by atoms with E-state index < -0.39 is 0 Å². The molecule has 0 saturated carbocycles. The molecule has 1 aromatic carbocycles. The van der Waals surface area contributed by atoms with Gasteiger partial charge in [0, 0.05) is 22.4 Å². The molecule has 3 rings (SSSR count). The first-order valence-electron chi connectivity index (χ1n) is 5.19. The second kappa shape index (κ2) is 3.82. The number of nitrogens with zero attached hydrogens (tertiary/aromatic N) is 1. The Kier molecular flexibility index (Phi) is 2.30. The number of benzene rings is 1. The number of rotatable bonds is 1. The zero-order valence-corrected chi connectivity index (χ0v) is 9.95. The molecule has 4 heteroatoms.